The number of piperidine rings is 1. The lowest BCUT2D eigenvalue weighted by Crippen LogP contribution is -2.53. The predicted molar refractivity (Wildman–Crippen MR) is 84.7 cm³/mol. The van der Waals surface area contributed by atoms with Crippen LogP contribution >= 0.6 is 0 Å². The highest BCUT2D eigenvalue weighted by molar-refractivity contribution is 4.91. The van der Waals surface area contributed by atoms with E-state index in [2.05, 4.69) is 18.7 Å². The molecule has 2 N–H and O–H groups in total. The molecule has 2 rings (SSSR count). The lowest BCUT2D eigenvalue weighted by atomic mass is 9.75. The Labute approximate surface area is 125 Å². The molecule has 0 aromatic rings. The van der Waals surface area contributed by atoms with E-state index >= 15 is 0 Å². The van der Waals surface area contributed by atoms with E-state index in [1.54, 1.807) is 0 Å². The van der Waals surface area contributed by atoms with Gasteiger partial charge in [-0.3, -0.25) is 4.90 Å². The van der Waals surface area contributed by atoms with Crippen molar-refractivity contribution in [3.8, 4) is 0 Å². The highest BCUT2D eigenvalue weighted by Crippen LogP contribution is 2.36. The smallest absolute Gasteiger partial charge is 0.0724 e. The van der Waals surface area contributed by atoms with Gasteiger partial charge in [0.05, 0.1) is 6.10 Å². The lowest BCUT2D eigenvalue weighted by molar-refractivity contribution is -0.0389. The molecule has 2 aliphatic rings. The topological polar surface area (TPSA) is 38.5 Å². The van der Waals surface area contributed by atoms with Crippen LogP contribution in [0.5, 0.6) is 0 Å². The fourth-order valence-electron chi connectivity index (χ4n) is 4.35. The van der Waals surface area contributed by atoms with Crippen LogP contribution in [-0.4, -0.2) is 43.8 Å². The van der Waals surface area contributed by atoms with Gasteiger partial charge in [0.15, 0.2) is 0 Å². The summed E-state index contributed by atoms with van der Waals surface area (Å²) in [5, 5.41) is 0. The van der Waals surface area contributed by atoms with Gasteiger partial charge >= 0.3 is 0 Å². The Bertz CT molecular complexity index is 284. The Kier molecular flexibility index (Phi) is 6.31. The molecule has 0 aromatic heterocycles. The average molecular weight is 282 g/mol. The predicted octanol–water partition coefficient (Wildman–Crippen LogP) is 2.89. The fraction of sp³-hybridized carbons (Fsp3) is 1.00. The van der Waals surface area contributed by atoms with Crippen molar-refractivity contribution >= 4 is 0 Å². The molecule has 5 unspecified atom stereocenters. The van der Waals surface area contributed by atoms with E-state index < -0.39 is 0 Å². The molecule has 0 spiro atoms. The molecule has 20 heavy (non-hydrogen) atoms. The van der Waals surface area contributed by atoms with E-state index in [4.69, 9.17) is 10.5 Å². The minimum Gasteiger partial charge on any atom is -0.380 e. The Balaban J connectivity index is 1.99. The van der Waals surface area contributed by atoms with Crippen LogP contribution in [0.25, 0.3) is 0 Å². The number of rotatable bonds is 5. The molecule has 0 aromatic carbocycles. The maximum Gasteiger partial charge on any atom is 0.0724 e. The van der Waals surface area contributed by atoms with Crippen LogP contribution in [0.2, 0.25) is 0 Å². The Morgan fingerprint density at radius 3 is 2.70 bits per heavy atom. The van der Waals surface area contributed by atoms with Crippen molar-refractivity contribution in [2.75, 3.05) is 26.7 Å². The third kappa shape index (κ3) is 3.75. The van der Waals surface area contributed by atoms with Gasteiger partial charge in [-0.25, -0.2) is 0 Å². The molecule has 2 fully saturated rings. The fourth-order valence-corrected chi connectivity index (χ4v) is 4.35. The molecule has 1 aliphatic carbocycles. The summed E-state index contributed by atoms with van der Waals surface area (Å²) in [5.74, 6) is 2.32. The molecule has 3 heteroatoms. The summed E-state index contributed by atoms with van der Waals surface area (Å²) in [7, 11) is 1.87. The zero-order chi connectivity index (χ0) is 14.5. The summed E-state index contributed by atoms with van der Waals surface area (Å²) in [6.45, 7) is 7.84. The van der Waals surface area contributed by atoms with Crippen molar-refractivity contribution in [3.63, 3.8) is 0 Å². The number of methoxy groups -OCH3 is 1. The first-order valence-corrected chi connectivity index (χ1v) is 8.66. The molecular formula is C17H34N2O. The first kappa shape index (κ1) is 16.3. The summed E-state index contributed by atoms with van der Waals surface area (Å²) in [6, 6.07) is 0.704. The molecule has 1 saturated carbocycles. The number of ether oxygens (including phenoxy) is 1. The Morgan fingerprint density at radius 1 is 1.25 bits per heavy atom. The van der Waals surface area contributed by atoms with Gasteiger partial charge in [0.2, 0.25) is 0 Å². The van der Waals surface area contributed by atoms with Gasteiger partial charge in [-0.1, -0.05) is 33.1 Å². The second kappa shape index (κ2) is 7.77. The highest BCUT2D eigenvalue weighted by Gasteiger charge is 2.37. The van der Waals surface area contributed by atoms with E-state index in [0.717, 1.165) is 19.0 Å². The van der Waals surface area contributed by atoms with Crippen molar-refractivity contribution in [3.05, 3.63) is 0 Å². The molecular weight excluding hydrogens is 248 g/mol. The second-order valence-corrected chi connectivity index (χ2v) is 7.07. The third-order valence-electron chi connectivity index (χ3n) is 5.76. The third-order valence-corrected chi connectivity index (χ3v) is 5.76. The van der Waals surface area contributed by atoms with E-state index in [9.17, 15) is 0 Å². The first-order chi connectivity index (χ1) is 9.69. The van der Waals surface area contributed by atoms with Gasteiger partial charge in [-0.2, -0.15) is 0 Å². The highest BCUT2D eigenvalue weighted by atomic mass is 16.5. The number of nitrogens with zero attached hydrogens (tertiary/aromatic N) is 1. The van der Waals surface area contributed by atoms with Gasteiger partial charge < -0.3 is 10.5 Å². The van der Waals surface area contributed by atoms with Crippen LogP contribution in [-0.2, 0) is 4.74 Å². The number of nitrogens with two attached hydrogens (primary N) is 1. The van der Waals surface area contributed by atoms with Crippen LogP contribution in [0.4, 0.5) is 0 Å². The molecule has 5 atom stereocenters. The van der Waals surface area contributed by atoms with E-state index in [-0.39, 0.29) is 0 Å². The zero-order valence-corrected chi connectivity index (χ0v) is 13.7. The maximum absolute atomic E-state index is 6.06. The van der Waals surface area contributed by atoms with Crippen molar-refractivity contribution in [1.29, 1.82) is 0 Å². The van der Waals surface area contributed by atoms with E-state index in [0.29, 0.717) is 24.0 Å². The van der Waals surface area contributed by atoms with Crippen molar-refractivity contribution in [2.45, 2.75) is 64.5 Å². The van der Waals surface area contributed by atoms with Gasteiger partial charge in [-0.05, 0) is 50.1 Å². The molecule has 0 bridgehead atoms. The second-order valence-electron chi connectivity index (χ2n) is 7.07. The summed E-state index contributed by atoms with van der Waals surface area (Å²) in [6.07, 6.45) is 8.48. The van der Waals surface area contributed by atoms with Gasteiger partial charge in [0.25, 0.3) is 0 Å². The summed E-state index contributed by atoms with van der Waals surface area (Å²) >= 11 is 0. The molecule has 1 heterocycles. The quantitative estimate of drug-likeness (QED) is 0.842. The molecule has 0 amide bonds. The summed E-state index contributed by atoms with van der Waals surface area (Å²) < 4.78 is 5.69. The minimum absolute atomic E-state index is 0.411. The Hall–Kier alpha value is -0.120. The SMILES string of the molecule is CCCC1CCC(CN)C(N2CCC(C)C(OC)C2)C1. The number of hydrogen-bond acceptors (Lipinski definition) is 3. The molecule has 1 aliphatic heterocycles. The summed E-state index contributed by atoms with van der Waals surface area (Å²) in [4.78, 5) is 2.70. The van der Waals surface area contributed by atoms with Gasteiger partial charge in [0.1, 0.15) is 0 Å². The van der Waals surface area contributed by atoms with Crippen LogP contribution < -0.4 is 5.73 Å². The number of likely N-dealkylation sites (tertiary alicyclic amines) is 1. The number of hydrogen-bond donors (Lipinski definition) is 1. The van der Waals surface area contributed by atoms with Crippen LogP contribution in [0.15, 0.2) is 0 Å². The summed E-state index contributed by atoms with van der Waals surface area (Å²) in [5.41, 5.74) is 6.06. The molecule has 3 nitrogen and oxygen atoms in total. The zero-order valence-electron chi connectivity index (χ0n) is 13.7. The van der Waals surface area contributed by atoms with Crippen molar-refractivity contribution in [2.24, 2.45) is 23.5 Å². The van der Waals surface area contributed by atoms with Crippen molar-refractivity contribution < 1.29 is 4.74 Å². The monoisotopic (exact) mass is 282 g/mol. The standard InChI is InChI=1S/C17H34N2O/c1-4-5-14-6-7-15(11-18)16(10-14)19-9-8-13(2)17(12-19)20-3/h13-17H,4-12,18H2,1-3H3. The van der Waals surface area contributed by atoms with Crippen LogP contribution in [0, 0.1) is 17.8 Å². The molecule has 0 radical (unpaired) electrons. The van der Waals surface area contributed by atoms with Crippen LogP contribution in [0.1, 0.15) is 52.4 Å². The van der Waals surface area contributed by atoms with E-state index in [1.807, 2.05) is 7.11 Å². The van der Waals surface area contributed by atoms with Crippen molar-refractivity contribution in [1.82, 2.24) is 4.90 Å². The molecule has 1 saturated heterocycles. The van der Waals surface area contributed by atoms with Crippen LogP contribution in [0.3, 0.4) is 0 Å². The van der Waals surface area contributed by atoms with Gasteiger partial charge in [0, 0.05) is 19.7 Å². The Morgan fingerprint density at radius 2 is 2.05 bits per heavy atom. The van der Waals surface area contributed by atoms with E-state index in [1.165, 1.54) is 45.1 Å². The maximum atomic E-state index is 6.06. The average Bonchev–Trinajstić information content (AvgIpc) is 2.48. The minimum atomic E-state index is 0.411. The molecule has 118 valence electrons. The first-order valence-electron chi connectivity index (χ1n) is 8.66. The normalized spacial score (nSPS) is 39.9. The lowest BCUT2D eigenvalue weighted by Gasteiger charge is -2.47. The van der Waals surface area contributed by atoms with Gasteiger partial charge in [-0.15, -0.1) is 0 Å². The largest absolute Gasteiger partial charge is 0.380 e.